The smallest absolute Gasteiger partial charge is 0.255 e. The molecule has 1 aromatic heterocycles. The van der Waals surface area contributed by atoms with Gasteiger partial charge >= 0.3 is 0 Å². The Labute approximate surface area is 103 Å². The molecule has 0 spiro atoms. The lowest BCUT2D eigenvalue weighted by Crippen LogP contribution is -2.38. The van der Waals surface area contributed by atoms with E-state index in [1.807, 2.05) is 0 Å². The van der Waals surface area contributed by atoms with E-state index in [1.165, 1.54) is 0 Å². The SMILES string of the molecule is CCC(NC(=O)c1cnccc1NC)C(C)C. The summed E-state index contributed by atoms with van der Waals surface area (Å²) in [6.07, 6.45) is 4.19. The molecule has 1 aromatic rings. The van der Waals surface area contributed by atoms with E-state index in [9.17, 15) is 4.79 Å². The van der Waals surface area contributed by atoms with Crippen molar-refractivity contribution in [1.82, 2.24) is 10.3 Å². The van der Waals surface area contributed by atoms with E-state index in [0.717, 1.165) is 12.1 Å². The van der Waals surface area contributed by atoms with Crippen molar-refractivity contribution in [2.24, 2.45) is 5.92 Å². The predicted molar refractivity (Wildman–Crippen MR) is 70.2 cm³/mol. The second-order valence-corrected chi connectivity index (χ2v) is 4.40. The normalized spacial score (nSPS) is 12.3. The van der Waals surface area contributed by atoms with Gasteiger partial charge in [0, 0.05) is 31.2 Å². The minimum absolute atomic E-state index is 0.0667. The monoisotopic (exact) mass is 235 g/mol. The summed E-state index contributed by atoms with van der Waals surface area (Å²) in [6.45, 7) is 6.29. The minimum Gasteiger partial charge on any atom is -0.387 e. The van der Waals surface area contributed by atoms with Crippen molar-refractivity contribution in [3.8, 4) is 0 Å². The van der Waals surface area contributed by atoms with Gasteiger partial charge in [-0.1, -0.05) is 20.8 Å². The summed E-state index contributed by atoms with van der Waals surface area (Å²) in [4.78, 5) is 16.1. The van der Waals surface area contributed by atoms with Crippen molar-refractivity contribution in [3.63, 3.8) is 0 Å². The summed E-state index contributed by atoms with van der Waals surface area (Å²) in [7, 11) is 1.80. The number of carbonyl (C=O) groups excluding carboxylic acids is 1. The summed E-state index contributed by atoms with van der Waals surface area (Å²) in [5.74, 6) is 0.363. The number of pyridine rings is 1. The number of rotatable bonds is 5. The molecule has 1 rings (SSSR count). The first-order valence-corrected chi connectivity index (χ1v) is 6.02. The van der Waals surface area contributed by atoms with Crippen LogP contribution in [0.3, 0.4) is 0 Å². The summed E-state index contributed by atoms with van der Waals surface area (Å²) < 4.78 is 0. The molecule has 0 bridgehead atoms. The number of carbonyl (C=O) groups is 1. The summed E-state index contributed by atoms with van der Waals surface area (Å²) in [5.41, 5.74) is 1.39. The maximum Gasteiger partial charge on any atom is 0.255 e. The van der Waals surface area contributed by atoms with E-state index < -0.39 is 0 Å². The zero-order valence-electron chi connectivity index (χ0n) is 10.9. The van der Waals surface area contributed by atoms with Crippen LogP contribution in [0.1, 0.15) is 37.6 Å². The maximum absolute atomic E-state index is 12.1. The first kappa shape index (κ1) is 13.5. The molecule has 1 atom stereocenters. The molecule has 0 aliphatic heterocycles. The lowest BCUT2D eigenvalue weighted by Gasteiger charge is -2.21. The third-order valence-electron chi connectivity index (χ3n) is 2.90. The number of aromatic nitrogens is 1. The summed E-state index contributed by atoms with van der Waals surface area (Å²) in [6, 6.07) is 2.00. The highest BCUT2D eigenvalue weighted by Crippen LogP contribution is 2.14. The molecule has 4 nitrogen and oxygen atoms in total. The van der Waals surface area contributed by atoms with Crippen LogP contribution >= 0.6 is 0 Å². The Kier molecular flexibility index (Phi) is 4.94. The largest absolute Gasteiger partial charge is 0.387 e. The molecule has 0 radical (unpaired) electrons. The van der Waals surface area contributed by atoms with Crippen molar-refractivity contribution in [2.45, 2.75) is 33.2 Å². The van der Waals surface area contributed by atoms with E-state index in [0.29, 0.717) is 11.5 Å². The molecule has 0 saturated carbocycles. The van der Waals surface area contributed by atoms with Gasteiger partial charge in [-0.15, -0.1) is 0 Å². The Morgan fingerprint density at radius 1 is 1.47 bits per heavy atom. The Morgan fingerprint density at radius 3 is 2.71 bits per heavy atom. The van der Waals surface area contributed by atoms with Gasteiger partial charge in [-0.05, 0) is 18.4 Å². The molecular formula is C13H21N3O. The van der Waals surface area contributed by atoms with Crippen LogP contribution in [0.15, 0.2) is 18.5 Å². The number of anilines is 1. The average Bonchev–Trinajstić information content (AvgIpc) is 2.35. The van der Waals surface area contributed by atoms with Gasteiger partial charge in [0.2, 0.25) is 0 Å². The molecule has 94 valence electrons. The van der Waals surface area contributed by atoms with Crippen LogP contribution in [0.25, 0.3) is 0 Å². The molecule has 17 heavy (non-hydrogen) atoms. The molecule has 0 fully saturated rings. The molecular weight excluding hydrogens is 214 g/mol. The predicted octanol–water partition coefficient (Wildman–Crippen LogP) is 2.29. The standard InChI is InChI=1S/C13H21N3O/c1-5-11(9(2)3)16-13(17)10-8-15-7-6-12(10)14-4/h6-9,11H,5H2,1-4H3,(H,14,15)(H,16,17). The van der Waals surface area contributed by atoms with Crippen LogP contribution in [0.5, 0.6) is 0 Å². The second-order valence-electron chi connectivity index (χ2n) is 4.40. The zero-order valence-corrected chi connectivity index (χ0v) is 10.9. The van der Waals surface area contributed by atoms with Crippen molar-refractivity contribution >= 4 is 11.6 Å². The summed E-state index contributed by atoms with van der Waals surface area (Å²) in [5, 5.41) is 6.03. The fourth-order valence-electron chi connectivity index (χ4n) is 1.78. The van der Waals surface area contributed by atoms with E-state index in [1.54, 1.807) is 25.5 Å². The number of hydrogen-bond donors (Lipinski definition) is 2. The maximum atomic E-state index is 12.1. The lowest BCUT2D eigenvalue weighted by atomic mass is 10.0. The Bertz CT molecular complexity index is 377. The molecule has 2 N–H and O–H groups in total. The van der Waals surface area contributed by atoms with Gasteiger partial charge < -0.3 is 10.6 Å². The van der Waals surface area contributed by atoms with Crippen LogP contribution < -0.4 is 10.6 Å². The van der Waals surface area contributed by atoms with Gasteiger partial charge in [-0.25, -0.2) is 0 Å². The average molecular weight is 235 g/mol. The quantitative estimate of drug-likeness (QED) is 0.823. The highest BCUT2D eigenvalue weighted by atomic mass is 16.1. The van der Waals surface area contributed by atoms with Crippen LogP contribution in [-0.2, 0) is 0 Å². The minimum atomic E-state index is -0.0667. The highest BCUT2D eigenvalue weighted by Gasteiger charge is 2.17. The summed E-state index contributed by atoms with van der Waals surface area (Å²) >= 11 is 0. The molecule has 0 aromatic carbocycles. The van der Waals surface area contributed by atoms with Crippen LogP contribution in [-0.4, -0.2) is 24.0 Å². The zero-order chi connectivity index (χ0) is 12.8. The first-order valence-electron chi connectivity index (χ1n) is 6.02. The molecule has 4 heteroatoms. The van der Waals surface area contributed by atoms with Crippen LogP contribution in [0.4, 0.5) is 5.69 Å². The van der Waals surface area contributed by atoms with Crippen LogP contribution in [0, 0.1) is 5.92 Å². The molecule has 1 unspecified atom stereocenters. The number of nitrogens with zero attached hydrogens (tertiary/aromatic N) is 1. The van der Waals surface area contributed by atoms with Crippen molar-refractivity contribution < 1.29 is 4.79 Å². The molecule has 0 aliphatic rings. The van der Waals surface area contributed by atoms with Crippen LogP contribution in [0.2, 0.25) is 0 Å². The fourth-order valence-corrected chi connectivity index (χ4v) is 1.78. The molecule has 0 saturated heterocycles. The van der Waals surface area contributed by atoms with Crippen molar-refractivity contribution in [1.29, 1.82) is 0 Å². The number of nitrogens with one attached hydrogen (secondary N) is 2. The Morgan fingerprint density at radius 2 is 2.18 bits per heavy atom. The first-order chi connectivity index (χ1) is 8.10. The third kappa shape index (κ3) is 3.44. The van der Waals surface area contributed by atoms with Gasteiger partial charge in [0.1, 0.15) is 0 Å². The van der Waals surface area contributed by atoms with Crippen molar-refractivity contribution in [2.75, 3.05) is 12.4 Å². The van der Waals surface area contributed by atoms with Gasteiger partial charge in [0.05, 0.1) is 5.56 Å². The highest BCUT2D eigenvalue weighted by molar-refractivity contribution is 5.99. The third-order valence-corrected chi connectivity index (χ3v) is 2.90. The molecule has 1 heterocycles. The van der Waals surface area contributed by atoms with E-state index in [-0.39, 0.29) is 11.9 Å². The van der Waals surface area contributed by atoms with E-state index in [4.69, 9.17) is 0 Å². The van der Waals surface area contributed by atoms with Gasteiger partial charge in [0.25, 0.3) is 5.91 Å². The van der Waals surface area contributed by atoms with Gasteiger partial charge in [-0.3, -0.25) is 9.78 Å². The van der Waals surface area contributed by atoms with E-state index >= 15 is 0 Å². The van der Waals surface area contributed by atoms with E-state index in [2.05, 4.69) is 36.4 Å². The molecule has 1 amide bonds. The van der Waals surface area contributed by atoms with Gasteiger partial charge in [-0.2, -0.15) is 0 Å². The number of amides is 1. The topological polar surface area (TPSA) is 54.0 Å². The Balaban J connectivity index is 2.82. The van der Waals surface area contributed by atoms with Gasteiger partial charge in [0.15, 0.2) is 0 Å². The second kappa shape index (κ2) is 6.23. The fraction of sp³-hybridized carbons (Fsp3) is 0.538. The molecule has 0 aliphatic carbocycles. The Hall–Kier alpha value is -1.58. The lowest BCUT2D eigenvalue weighted by molar-refractivity contribution is 0.0925. The number of hydrogen-bond acceptors (Lipinski definition) is 3. The van der Waals surface area contributed by atoms with Crippen molar-refractivity contribution in [3.05, 3.63) is 24.0 Å².